The molecule has 0 aliphatic heterocycles. The molecule has 0 bridgehead atoms. The van der Waals surface area contributed by atoms with Crippen molar-refractivity contribution in [2.75, 3.05) is 36.3 Å². The molecule has 18 heavy (non-hydrogen) atoms. The number of carbonyl (C=O) groups excluding carboxylic acids is 1. The highest BCUT2D eigenvalue weighted by Gasteiger charge is 2.12. The van der Waals surface area contributed by atoms with Crippen molar-refractivity contribution in [2.45, 2.75) is 12.5 Å². The van der Waals surface area contributed by atoms with Gasteiger partial charge in [0.25, 0.3) is 0 Å². The zero-order valence-corrected chi connectivity index (χ0v) is 12.0. The molecule has 3 N–H and O–H groups in total. The van der Waals surface area contributed by atoms with Gasteiger partial charge in [0, 0.05) is 25.5 Å². The van der Waals surface area contributed by atoms with Crippen LogP contribution in [0.25, 0.3) is 0 Å². The van der Waals surface area contributed by atoms with E-state index in [1.54, 1.807) is 11.8 Å². The fourth-order valence-corrected chi connectivity index (χ4v) is 1.94. The SMILES string of the molecule is CSCC[C@@H](N)C(=O)Nc1ccc(N(C)C)cc1. The van der Waals surface area contributed by atoms with Crippen molar-refractivity contribution >= 4 is 29.0 Å². The summed E-state index contributed by atoms with van der Waals surface area (Å²) in [5, 5.41) is 2.83. The van der Waals surface area contributed by atoms with E-state index in [-0.39, 0.29) is 5.91 Å². The van der Waals surface area contributed by atoms with Crippen molar-refractivity contribution < 1.29 is 4.79 Å². The first-order valence-corrected chi connectivity index (χ1v) is 7.26. The Labute approximate surface area is 113 Å². The summed E-state index contributed by atoms with van der Waals surface area (Å²) in [5.74, 6) is 0.774. The Morgan fingerprint density at radius 1 is 1.39 bits per heavy atom. The fourth-order valence-electron chi connectivity index (χ4n) is 1.45. The highest BCUT2D eigenvalue weighted by atomic mass is 32.2. The lowest BCUT2D eigenvalue weighted by Gasteiger charge is -2.14. The van der Waals surface area contributed by atoms with Gasteiger partial charge in [-0.2, -0.15) is 11.8 Å². The summed E-state index contributed by atoms with van der Waals surface area (Å²) in [6.07, 6.45) is 2.70. The monoisotopic (exact) mass is 267 g/mol. The molecule has 1 amide bonds. The third-order valence-corrected chi connectivity index (χ3v) is 3.26. The van der Waals surface area contributed by atoms with E-state index >= 15 is 0 Å². The summed E-state index contributed by atoms with van der Waals surface area (Å²) < 4.78 is 0. The maximum Gasteiger partial charge on any atom is 0.241 e. The molecule has 5 heteroatoms. The highest BCUT2D eigenvalue weighted by Crippen LogP contribution is 2.15. The van der Waals surface area contributed by atoms with Crippen LogP contribution >= 0.6 is 11.8 Å². The summed E-state index contributed by atoms with van der Waals surface area (Å²) >= 11 is 1.69. The van der Waals surface area contributed by atoms with Crippen molar-refractivity contribution in [3.63, 3.8) is 0 Å². The Balaban J connectivity index is 2.53. The van der Waals surface area contributed by atoms with Gasteiger partial charge in [-0.15, -0.1) is 0 Å². The predicted octanol–water partition coefficient (Wildman–Crippen LogP) is 1.77. The second-order valence-electron chi connectivity index (χ2n) is 4.32. The Morgan fingerprint density at radius 2 is 2.00 bits per heavy atom. The second kappa shape index (κ2) is 7.28. The minimum Gasteiger partial charge on any atom is -0.378 e. The van der Waals surface area contributed by atoms with Gasteiger partial charge in [0.05, 0.1) is 6.04 Å². The molecule has 0 radical (unpaired) electrons. The number of carbonyl (C=O) groups is 1. The molecule has 4 nitrogen and oxygen atoms in total. The first kappa shape index (κ1) is 14.9. The number of benzene rings is 1. The summed E-state index contributed by atoms with van der Waals surface area (Å²) in [5.41, 5.74) is 7.68. The van der Waals surface area contributed by atoms with E-state index in [9.17, 15) is 4.79 Å². The number of amides is 1. The van der Waals surface area contributed by atoms with Crippen LogP contribution in [-0.2, 0) is 4.79 Å². The van der Waals surface area contributed by atoms with Crippen molar-refractivity contribution in [1.82, 2.24) is 0 Å². The third kappa shape index (κ3) is 4.58. The quantitative estimate of drug-likeness (QED) is 0.825. The lowest BCUT2D eigenvalue weighted by molar-refractivity contribution is -0.117. The molecule has 1 rings (SSSR count). The number of nitrogens with zero attached hydrogens (tertiary/aromatic N) is 1. The molecule has 0 saturated carbocycles. The van der Waals surface area contributed by atoms with Gasteiger partial charge in [0.1, 0.15) is 0 Å². The summed E-state index contributed by atoms with van der Waals surface area (Å²) in [4.78, 5) is 13.8. The summed E-state index contributed by atoms with van der Waals surface area (Å²) in [6, 6.07) is 7.25. The molecule has 0 saturated heterocycles. The van der Waals surface area contributed by atoms with Crippen LogP contribution in [0, 0.1) is 0 Å². The highest BCUT2D eigenvalue weighted by molar-refractivity contribution is 7.98. The number of thioether (sulfide) groups is 1. The van der Waals surface area contributed by atoms with E-state index in [0.717, 1.165) is 17.1 Å². The van der Waals surface area contributed by atoms with E-state index in [1.165, 1.54) is 0 Å². The maximum atomic E-state index is 11.8. The number of rotatable bonds is 6. The van der Waals surface area contributed by atoms with Crippen LogP contribution in [0.3, 0.4) is 0 Å². The Hall–Kier alpha value is -1.20. The van der Waals surface area contributed by atoms with Crippen LogP contribution in [0.4, 0.5) is 11.4 Å². The minimum atomic E-state index is -0.439. The van der Waals surface area contributed by atoms with Crippen molar-refractivity contribution in [1.29, 1.82) is 0 Å². The molecule has 0 aliphatic rings. The van der Waals surface area contributed by atoms with E-state index in [4.69, 9.17) is 5.73 Å². The van der Waals surface area contributed by atoms with Gasteiger partial charge in [-0.25, -0.2) is 0 Å². The van der Waals surface area contributed by atoms with Crippen LogP contribution in [-0.4, -0.2) is 38.1 Å². The lowest BCUT2D eigenvalue weighted by atomic mass is 10.2. The molecule has 1 aromatic rings. The first-order chi connectivity index (χ1) is 8.54. The third-order valence-electron chi connectivity index (χ3n) is 2.62. The predicted molar refractivity (Wildman–Crippen MR) is 80.4 cm³/mol. The molecular weight excluding hydrogens is 246 g/mol. The topological polar surface area (TPSA) is 58.4 Å². The van der Waals surface area contributed by atoms with E-state index < -0.39 is 6.04 Å². The van der Waals surface area contributed by atoms with Gasteiger partial charge >= 0.3 is 0 Å². The van der Waals surface area contributed by atoms with Crippen LogP contribution in [0.5, 0.6) is 0 Å². The average molecular weight is 267 g/mol. The minimum absolute atomic E-state index is 0.123. The van der Waals surface area contributed by atoms with Gasteiger partial charge in [0.15, 0.2) is 0 Å². The van der Waals surface area contributed by atoms with Crippen LogP contribution in [0.2, 0.25) is 0 Å². The molecule has 100 valence electrons. The van der Waals surface area contributed by atoms with Crippen LogP contribution in [0.15, 0.2) is 24.3 Å². The number of nitrogens with two attached hydrogens (primary N) is 1. The smallest absolute Gasteiger partial charge is 0.241 e. The second-order valence-corrected chi connectivity index (χ2v) is 5.30. The molecule has 0 unspecified atom stereocenters. The molecule has 1 aromatic carbocycles. The fraction of sp³-hybridized carbons (Fsp3) is 0.462. The molecule has 0 heterocycles. The Morgan fingerprint density at radius 3 is 2.50 bits per heavy atom. The van der Waals surface area contributed by atoms with Gasteiger partial charge in [-0.3, -0.25) is 4.79 Å². The number of anilines is 2. The first-order valence-electron chi connectivity index (χ1n) is 5.87. The van der Waals surface area contributed by atoms with Crippen LogP contribution in [0.1, 0.15) is 6.42 Å². The van der Waals surface area contributed by atoms with E-state index in [0.29, 0.717) is 6.42 Å². The molecule has 0 fully saturated rings. The average Bonchev–Trinajstić information content (AvgIpc) is 2.36. The maximum absolute atomic E-state index is 11.8. The van der Waals surface area contributed by atoms with Crippen molar-refractivity contribution in [3.8, 4) is 0 Å². The number of nitrogens with one attached hydrogen (secondary N) is 1. The largest absolute Gasteiger partial charge is 0.378 e. The van der Waals surface area contributed by atoms with Crippen molar-refractivity contribution in [3.05, 3.63) is 24.3 Å². The number of hydrogen-bond donors (Lipinski definition) is 2. The van der Waals surface area contributed by atoms with Gasteiger partial charge < -0.3 is 16.0 Å². The summed E-state index contributed by atoms with van der Waals surface area (Å²) in [7, 11) is 3.96. The number of hydrogen-bond acceptors (Lipinski definition) is 4. The van der Waals surface area contributed by atoms with Crippen molar-refractivity contribution in [2.24, 2.45) is 5.73 Å². The lowest BCUT2D eigenvalue weighted by Crippen LogP contribution is -2.36. The molecular formula is C13H21N3OS. The van der Waals surface area contributed by atoms with Gasteiger partial charge in [0.2, 0.25) is 5.91 Å². The molecule has 0 aliphatic carbocycles. The normalized spacial score (nSPS) is 12.0. The van der Waals surface area contributed by atoms with Crippen LogP contribution < -0.4 is 16.0 Å². The molecule has 1 atom stereocenters. The zero-order chi connectivity index (χ0) is 13.5. The molecule has 0 spiro atoms. The van der Waals surface area contributed by atoms with Gasteiger partial charge in [-0.05, 0) is 42.7 Å². The zero-order valence-electron chi connectivity index (χ0n) is 11.1. The van der Waals surface area contributed by atoms with E-state index in [2.05, 4.69) is 5.32 Å². The summed E-state index contributed by atoms with van der Waals surface area (Å²) in [6.45, 7) is 0. The standard InChI is InChI=1S/C13H21N3OS/c1-16(2)11-6-4-10(5-7-11)15-13(17)12(14)8-9-18-3/h4-7,12H,8-9,14H2,1-3H3,(H,15,17)/t12-/m1/s1. The molecule has 0 aromatic heterocycles. The van der Waals surface area contributed by atoms with Gasteiger partial charge in [-0.1, -0.05) is 0 Å². The van der Waals surface area contributed by atoms with E-state index in [1.807, 2.05) is 49.5 Å². The Kier molecular flexibility index (Phi) is 6.01. The Bertz CT molecular complexity index is 378.